The molecule has 0 saturated heterocycles. The van der Waals surface area contributed by atoms with E-state index in [1.54, 1.807) is 6.33 Å². The molecule has 0 amide bonds. The third-order valence-corrected chi connectivity index (χ3v) is 3.48. The SMILES string of the molecule is Cc1ccc(N(C)CCCN=C(N)NCCc2cnc[nH]2)nc1.Cl.Cl.Cl. The van der Waals surface area contributed by atoms with E-state index >= 15 is 0 Å². The van der Waals surface area contributed by atoms with Crippen molar-refractivity contribution in [1.29, 1.82) is 0 Å². The molecule has 2 aromatic rings. The molecule has 2 aromatic heterocycles. The van der Waals surface area contributed by atoms with Crippen LogP contribution in [-0.2, 0) is 6.42 Å². The first-order chi connectivity index (χ1) is 11.1. The second-order valence-electron chi connectivity index (χ2n) is 5.49. The second-order valence-corrected chi connectivity index (χ2v) is 5.49. The van der Waals surface area contributed by atoms with E-state index < -0.39 is 0 Å². The van der Waals surface area contributed by atoms with E-state index in [1.165, 1.54) is 5.56 Å². The van der Waals surface area contributed by atoms with Crippen LogP contribution in [-0.4, -0.2) is 47.6 Å². The fourth-order valence-electron chi connectivity index (χ4n) is 2.11. The van der Waals surface area contributed by atoms with Gasteiger partial charge in [-0.15, -0.1) is 37.2 Å². The Labute approximate surface area is 173 Å². The highest BCUT2D eigenvalue weighted by molar-refractivity contribution is 5.86. The van der Waals surface area contributed by atoms with Crippen molar-refractivity contribution in [3.63, 3.8) is 0 Å². The number of rotatable bonds is 8. The van der Waals surface area contributed by atoms with E-state index in [2.05, 4.69) is 36.2 Å². The minimum Gasteiger partial charge on any atom is -0.370 e. The summed E-state index contributed by atoms with van der Waals surface area (Å²) in [5, 5.41) is 3.10. The summed E-state index contributed by atoms with van der Waals surface area (Å²) in [5.41, 5.74) is 8.09. The van der Waals surface area contributed by atoms with E-state index in [4.69, 9.17) is 5.73 Å². The van der Waals surface area contributed by atoms with Crippen molar-refractivity contribution in [2.24, 2.45) is 10.7 Å². The Hall–Kier alpha value is -1.70. The number of hydrogen-bond acceptors (Lipinski definition) is 4. The van der Waals surface area contributed by atoms with Crippen LogP contribution in [0.25, 0.3) is 0 Å². The number of aromatic amines is 1. The normalized spacial score (nSPS) is 10.2. The predicted molar refractivity (Wildman–Crippen MR) is 115 cm³/mol. The lowest BCUT2D eigenvalue weighted by Crippen LogP contribution is -2.33. The van der Waals surface area contributed by atoms with Crippen LogP contribution in [0.2, 0.25) is 0 Å². The predicted octanol–water partition coefficient (Wildman–Crippen LogP) is 2.35. The number of guanidine groups is 1. The molecular weight excluding hydrogens is 397 g/mol. The van der Waals surface area contributed by atoms with Gasteiger partial charge in [-0.1, -0.05) is 6.07 Å². The number of aromatic nitrogens is 3. The number of nitrogens with one attached hydrogen (secondary N) is 2. The van der Waals surface area contributed by atoms with Gasteiger partial charge in [-0.2, -0.15) is 0 Å². The first-order valence-corrected chi connectivity index (χ1v) is 7.80. The molecule has 0 atom stereocenters. The summed E-state index contributed by atoms with van der Waals surface area (Å²) in [6.07, 6.45) is 7.13. The zero-order chi connectivity index (χ0) is 16.5. The number of imidazole rings is 1. The summed E-state index contributed by atoms with van der Waals surface area (Å²) in [5.74, 6) is 1.46. The Morgan fingerprint density at radius 3 is 2.65 bits per heavy atom. The molecule has 148 valence electrons. The number of hydrogen-bond donors (Lipinski definition) is 3. The van der Waals surface area contributed by atoms with Crippen molar-refractivity contribution in [3.8, 4) is 0 Å². The van der Waals surface area contributed by atoms with Gasteiger partial charge in [0.05, 0.1) is 6.33 Å². The highest BCUT2D eigenvalue weighted by Crippen LogP contribution is 2.09. The molecule has 0 saturated carbocycles. The molecule has 0 unspecified atom stereocenters. The van der Waals surface area contributed by atoms with Crippen LogP contribution in [0.3, 0.4) is 0 Å². The Morgan fingerprint density at radius 2 is 2.04 bits per heavy atom. The van der Waals surface area contributed by atoms with Crippen molar-refractivity contribution in [3.05, 3.63) is 42.1 Å². The first-order valence-electron chi connectivity index (χ1n) is 7.80. The molecule has 0 fully saturated rings. The van der Waals surface area contributed by atoms with E-state index in [1.807, 2.05) is 32.4 Å². The van der Waals surface area contributed by atoms with Crippen LogP contribution in [0.1, 0.15) is 17.7 Å². The Balaban J connectivity index is 0. The molecule has 26 heavy (non-hydrogen) atoms. The van der Waals surface area contributed by atoms with Gasteiger partial charge in [0, 0.05) is 51.2 Å². The maximum atomic E-state index is 5.84. The van der Waals surface area contributed by atoms with Gasteiger partial charge in [0.25, 0.3) is 0 Å². The summed E-state index contributed by atoms with van der Waals surface area (Å²) in [7, 11) is 2.04. The van der Waals surface area contributed by atoms with Crippen LogP contribution >= 0.6 is 37.2 Å². The van der Waals surface area contributed by atoms with Gasteiger partial charge in [0.15, 0.2) is 5.96 Å². The average Bonchev–Trinajstić information content (AvgIpc) is 3.05. The zero-order valence-corrected chi connectivity index (χ0v) is 17.5. The lowest BCUT2D eigenvalue weighted by Gasteiger charge is -2.17. The quantitative estimate of drug-likeness (QED) is 0.343. The van der Waals surface area contributed by atoms with Crippen LogP contribution in [0.4, 0.5) is 5.82 Å². The van der Waals surface area contributed by atoms with E-state index in [0.717, 1.165) is 37.4 Å². The lowest BCUT2D eigenvalue weighted by atomic mass is 10.3. The molecule has 0 spiro atoms. The number of pyridine rings is 1. The molecule has 0 aromatic carbocycles. The number of aryl methyl sites for hydroxylation is 1. The van der Waals surface area contributed by atoms with Crippen molar-refractivity contribution < 1.29 is 0 Å². The third-order valence-electron chi connectivity index (χ3n) is 3.48. The van der Waals surface area contributed by atoms with Crippen LogP contribution in [0.15, 0.2) is 35.8 Å². The van der Waals surface area contributed by atoms with Crippen LogP contribution in [0.5, 0.6) is 0 Å². The monoisotopic (exact) mass is 423 g/mol. The second kappa shape index (κ2) is 14.5. The smallest absolute Gasteiger partial charge is 0.188 e. The summed E-state index contributed by atoms with van der Waals surface area (Å²) in [6.45, 7) is 4.36. The average molecular weight is 425 g/mol. The Kier molecular flexibility index (Phi) is 14.8. The van der Waals surface area contributed by atoms with Crippen LogP contribution in [0, 0.1) is 6.92 Å². The fourth-order valence-corrected chi connectivity index (χ4v) is 2.11. The summed E-state index contributed by atoms with van der Waals surface area (Å²) >= 11 is 0. The Bertz CT molecular complexity index is 603. The van der Waals surface area contributed by atoms with Crippen molar-refractivity contribution in [1.82, 2.24) is 20.3 Å². The van der Waals surface area contributed by atoms with Gasteiger partial charge in [-0.3, -0.25) is 4.99 Å². The largest absolute Gasteiger partial charge is 0.370 e. The van der Waals surface area contributed by atoms with Gasteiger partial charge in [-0.05, 0) is 25.0 Å². The minimum atomic E-state index is 0. The molecule has 7 nitrogen and oxygen atoms in total. The van der Waals surface area contributed by atoms with Gasteiger partial charge in [0.2, 0.25) is 0 Å². The standard InChI is InChI=1S/C16H25N7.3ClH/c1-13-4-5-15(21-10-13)23(2)9-3-7-19-16(17)20-8-6-14-11-18-12-22-14;;;/h4-5,10-12H,3,6-9H2,1-2H3,(H,18,22)(H3,17,19,20);3*1H. The zero-order valence-electron chi connectivity index (χ0n) is 15.0. The molecule has 0 aliphatic carbocycles. The number of nitrogens with two attached hydrogens (primary N) is 1. The van der Waals surface area contributed by atoms with Crippen LogP contribution < -0.4 is 16.0 Å². The minimum absolute atomic E-state index is 0. The van der Waals surface area contributed by atoms with Gasteiger partial charge in [0.1, 0.15) is 5.82 Å². The third kappa shape index (κ3) is 9.70. The molecule has 0 aliphatic rings. The van der Waals surface area contributed by atoms with Gasteiger partial charge < -0.3 is 20.9 Å². The van der Waals surface area contributed by atoms with E-state index in [0.29, 0.717) is 12.5 Å². The number of nitrogens with zero attached hydrogens (tertiary/aromatic N) is 4. The van der Waals surface area contributed by atoms with Crippen molar-refractivity contribution in [2.45, 2.75) is 19.8 Å². The highest BCUT2D eigenvalue weighted by atomic mass is 35.5. The molecule has 0 aliphatic heterocycles. The maximum Gasteiger partial charge on any atom is 0.188 e. The molecular formula is C16H28Cl3N7. The summed E-state index contributed by atoms with van der Waals surface area (Å²) < 4.78 is 0. The fraction of sp³-hybridized carbons (Fsp3) is 0.438. The first kappa shape index (κ1) is 26.5. The van der Waals surface area contributed by atoms with Crippen molar-refractivity contribution in [2.75, 3.05) is 31.6 Å². The van der Waals surface area contributed by atoms with Gasteiger partial charge in [-0.25, -0.2) is 9.97 Å². The number of aliphatic imine (C=N–C) groups is 1. The highest BCUT2D eigenvalue weighted by Gasteiger charge is 2.01. The lowest BCUT2D eigenvalue weighted by molar-refractivity contribution is 0.775. The van der Waals surface area contributed by atoms with E-state index in [9.17, 15) is 0 Å². The van der Waals surface area contributed by atoms with E-state index in [-0.39, 0.29) is 37.2 Å². The molecule has 2 heterocycles. The molecule has 0 bridgehead atoms. The van der Waals surface area contributed by atoms with Crippen molar-refractivity contribution >= 4 is 49.0 Å². The summed E-state index contributed by atoms with van der Waals surface area (Å²) in [4.78, 5) is 17.9. The topological polar surface area (TPSA) is 95.2 Å². The number of H-pyrrole nitrogens is 1. The molecule has 0 radical (unpaired) electrons. The van der Waals surface area contributed by atoms with Gasteiger partial charge >= 0.3 is 0 Å². The number of anilines is 1. The molecule has 2 rings (SSSR count). The molecule has 4 N–H and O–H groups in total. The summed E-state index contributed by atoms with van der Waals surface area (Å²) in [6, 6.07) is 4.10. The Morgan fingerprint density at radius 1 is 1.27 bits per heavy atom. The molecule has 10 heteroatoms. The maximum absolute atomic E-state index is 5.84. The number of halogens is 3.